The fourth-order valence-corrected chi connectivity index (χ4v) is 8.55. The summed E-state index contributed by atoms with van der Waals surface area (Å²) in [4.78, 5) is 44.5. The van der Waals surface area contributed by atoms with Crippen molar-refractivity contribution in [1.29, 1.82) is 0 Å². The van der Waals surface area contributed by atoms with Gasteiger partial charge in [-0.2, -0.15) is 4.31 Å². The smallest absolute Gasteiger partial charge is 0.252 e. The average Bonchev–Trinajstić information content (AvgIpc) is 3.57. The number of carbonyl (C=O) groups excluding carboxylic acids is 3. The summed E-state index contributed by atoms with van der Waals surface area (Å²) in [5, 5.41) is 3.46. The van der Waals surface area contributed by atoms with E-state index < -0.39 is 27.9 Å². The fourth-order valence-electron chi connectivity index (χ4n) is 5.90. The number of amides is 3. The number of rotatable bonds is 9. The highest BCUT2D eigenvalue weighted by Gasteiger charge is 2.46. The van der Waals surface area contributed by atoms with E-state index in [1.807, 2.05) is 31.2 Å². The number of thiazole rings is 1. The predicted octanol–water partition coefficient (Wildman–Crippen LogP) is 6.44. The van der Waals surface area contributed by atoms with Gasteiger partial charge in [0, 0.05) is 24.7 Å². The first-order valence-electron chi connectivity index (χ1n) is 15.0. The minimum Gasteiger partial charge on any atom is -0.326 e. The first-order valence-corrected chi connectivity index (χ1v) is 17.3. The Morgan fingerprint density at radius 3 is 2.49 bits per heavy atom. The van der Waals surface area contributed by atoms with Crippen molar-refractivity contribution in [3.8, 4) is 10.6 Å². The van der Waals surface area contributed by atoms with Gasteiger partial charge in [-0.1, -0.05) is 17.7 Å². The Morgan fingerprint density at radius 1 is 1.04 bits per heavy atom. The van der Waals surface area contributed by atoms with Crippen LogP contribution in [0.4, 0.5) is 11.4 Å². The molecule has 0 spiro atoms. The number of sulfonamides is 1. The molecule has 0 bridgehead atoms. The SMILES string of the molecule is CC(=O)Nc1ccc(S(=O)(=O)N(CCC2=CCCCC2)C2CC(=O)N(c3ccc(-c4nc5ccc(C)cc5s4)cc3)C2=O)cc1. The number of aromatic nitrogens is 1. The number of hydrogen-bond acceptors (Lipinski definition) is 7. The van der Waals surface area contributed by atoms with Crippen molar-refractivity contribution in [2.75, 3.05) is 16.8 Å². The van der Waals surface area contributed by atoms with Crippen LogP contribution in [0.5, 0.6) is 0 Å². The Bertz CT molecular complexity index is 1910. The van der Waals surface area contributed by atoms with Gasteiger partial charge in [0.15, 0.2) is 0 Å². The summed E-state index contributed by atoms with van der Waals surface area (Å²) >= 11 is 1.57. The number of anilines is 2. The number of imide groups is 1. The standard InChI is InChI=1S/C34H34N4O5S2/c1-22-8-17-29-31(20-22)44-33(36-29)25-9-13-27(14-10-25)38-32(40)21-30(34(38)41)37(19-18-24-6-4-3-5-7-24)45(42,43)28-15-11-26(12-16-28)35-23(2)39/h6,8-17,20,30H,3-5,7,18-19,21H2,1-2H3,(H,35,39). The number of allylic oxidation sites excluding steroid dienone is 1. The maximum absolute atomic E-state index is 14.0. The summed E-state index contributed by atoms with van der Waals surface area (Å²) in [7, 11) is -4.16. The minimum atomic E-state index is -4.16. The second-order valence-corrected chi connectivity index (χ2v) is 14.4. The van der Waals surface area contributed by atoms with Gasteiger partial charge >= 0.3 is 0 Å². The lowest BCUT2D eigenvalue weighted by Gasteiger charge is -2.28. The van der Waals surface area contributed by atoms with Crippen LogP contribution in [0, 0.1) is 6.92 Å². The Balaban J connectivity index is 1.27. The van der Waals surface area contributed by atoms with E-state index in [0.29, 0.717) is 17.8 Å². The van der Waals surface area contributed by atoms with Gasteiger partial charge in [-0.15, -0.1) is 11.3 Å². The Morgan fingerprint density at radius 2 is 1.80 bits per heavy atom. The van der Waals surface area contributed by atoms with E-state index in [1.54, 1.807) is 23.5 Å². The lowest BCUT2D eigenvalue weighted by molar-refractivity contribution is -0.122. The van der Waals surface area contributed by atoms with E-state index in [4.69, 9.17) is 4.98 Å². The van der Waals surface area contributed by atoms with Gasteiger partial charge in [0.05, 0.1) is 27.2 Å². The van der Waals surface area contributed by atoms with Crippen molar-refractivity contribution in [1.82, 2.24) is 9.29 Å². The van der Waals surface area contributed by atoms with Crippen LogP contribution in [0.1, 0.15) is 51.0 Å². The third kappa shape index (κ3) is 6.47. The van der Waals surface area contributed by atoms with Crippen LogP contribution < -0.4 is 10.2 Å². The highest BCUT2D eigenvalue weighted by molar-refractivity contribution is 7.89. The Kier molecular flexibility index (Phi) is 8.67. The zero-order valence-corrected chi connectivity index (χ0v) is 26.8. The minimum absolute atomic E-state index is 0.0108. The zero-order chi connectivity index (χ0) is 31.7. The fraction of sp³-hybridized carbons (Fsp3) is 0.294. The summed E-state index contributed by atoms with van der Waals surface area (Å²) < 4.78 is 30.4. The number of nitrogens with zero attached hydrogens (tertiary/aromatic N) is 3. The molecule has 9 nitrogen and oxygen atoms in total. The molecule has 1 aromatic heterocycles. The molecular weight excluding hydrogens is 609 g/mol. The van der Waals surface area contributed by atoms with Gasteiger partial charge in [-0.3, -0.25) is 14.4 Å². The zero-order valence-electron chi connectivity index (χ0n) is 25.2. The normalized spacial score (nSPS) is 17.3. The molecule has 0 radical (unpaired) electrons. The number of aryl methyl sites for hydroxylation is 1. The quantitative estimate of drug-likeness (QED) is 0.166. The van der Waals surface area contributed by atoms with E-state index in [-0.39, 0.29) is 23.8 Å². The van der Waals surface area contributed by atoms with E-state index in [1.165, 1.54) is 35.5 Å². The molecule has 1 aliphatic heterocycles. The lowest BCUT2D eigenvalue weighted by Crippen LogP contribution is -2.46. The molecule has 2 aliphatic rings. The van der Waals surface area contributed by atoms with Crippen LogP contribution in [-0.2, 0) is 24.4 Å². The number of hydrogen-bond donors (Lipinski definition) is 1. The number of carbonyl (C=O) groups is 3. The van der Waals surface area contributed by atoms with Gasteiger partial charge in [0.2, 0.25) is 21.8 Å². The second kappa shape index (κ2) is 12.7. The summed E-state index contributed by atoms with van der Waals surface area (Å²) in [5.41, 5.74) is 4.94. The first-order chi connectivity index (χ1) is 21.6. The molecule has 1 atom stereocenters. The highest BCUT2D eigenvalue weighted by atomic mass is 32.2. The van der Waals surface area contributed by atoms with Gasteiger partial charge < -0.3 is 5.32 Å². The highest BCUT2D eigenvalue weighted by Crippen LogP contribution is 2.34. The molecule has 1 N–H and O–H groups in total. The third-order valence-corrected chi connectivity index (χ3v) is 11.2. The second-order valence-electron chi connectivity index (χ2n) is 11.5. The first kappa shape index (κ1) is 30.8. The molecule has 11 heteroatoms. The molecule has 232 valence electrons. The molecule has 0 saturated carbocycles. The molecule has 1 saturated heterocycles. The maximum atomic E-state index is 14.0. The predicted molar refractivity (Wildman–Crippen MR) is 176 cm³/mol. The third-order valence-electron chi connectivity index (χ3n) is 8.21. The molecule has 1 fully saturated rings. The summed E-state index contributed by atoms with van der Waals surface area (Å²) in [6, 6.07) is 17.8. The van der Waals surface area contributed by atoms with Crippen molar-refractivity contribution >= 4 is 60.7 Å². The number of nitrogens with one attached hydrogen (secondary N) is 1. The molecule has 3 aromatic carbocycles. The maximum Gasteiger partial charge on any atom is 0.252 e. The summed E-state index contributed by atoms with van der Waals surface area (Å²) in [6.45, 7) is 3.49. The van der Waals surface area contributed by atoms with Crippen LogP contribution in [0.15, 0.2) is 83.3 Å². The molecule has 2 heterocycles. The van der Waals surface area contributed by atoms with Gasteiger partial charge in [0.25, 0.3) is 5.91 Å². The topological polar surface area (TPSA) is 117 Å². The largest absolute Gasteiger partial charge is 0.326 e. The van der Waals surface area contributed by atoms with Crippen molar-refractivity contribution in [3.05, 3.63) is 83.9 Å². The number of fused-ring (bicyclic) bond motifs is 1. The van der Waals surface area contributed by atoms with Crippen molar-refractivity contribution < 1.29 is 22.8 Å². The van der Waals surface area contributed by atoms with Gasteiger partial charge in [-0.25, -0.2) is 18.3 Å². The van der Waals surface area contributed by atoms with Crippen molar-refractivity contribution in [2.45, 2.75) is 63.3 Å². The van der Waals surface area contributed by atoms with Crippen LogP contribution in [-0.4, -0.2) is 48.0 Å². The monoisotopic (exact) mass is 642 g/mol. The molecule has 3 amide bonds. The Labute approximate surface area is 266 Å². The van der Waals surface area contributed by atoms with Crippen molar-refractivity contribution in [2.24, 2.45) is 0 Å². The van der Waals surface area contributed by atoms with E-state index in [2.05, 4.69) is 17.5 Å². The van der Waals surface area contributed by atoms with Crippen molar-refractivity contribution in [3.63, 3.8) is 0 Å². The molecule has 1 unspecified atom stereocenters. The van der Waals surface area contributed by atoms with Gasteiger partial charge in [0.1, 0.15) is 11.0 Å². The van der Waals surface area contributed by atoms with E-state index in [9.17, 15) is 22.8 Å². The molecule has 1 aliphatic carbocycles. The van der Waals surface area contributed by atoms with E-state index >= 15 is 0 Å². The summed E-state index contributed by atoms with van der Waals surface area (Å²) in [5.74, 6) is -1.29. The molecule has 6 rings (SSSR count). The molecule has 4 aromatic rings. The van der Waals surface area contributed by atoms with E-state index in [0.717, 1.165) is 62.5 Å². The number of benzene rings is 3. The van der Waals surface area contributed by atoms with Crippen LogP contribution >= 0.6 is 11.3 Å². The lowest BCUT2D eigenvalue weighted by atomic mass is 9.97. The molecular formula is C34H34N4O5S2. The molecule has 45 heavy (non-hydrogen) atoms. The summed E-state index contributed by atoms with van der Waals surface area (Å²) in [6.07, 6.45) is 6.38. The van der Waals surface area contributed by atoms with Crippen LogP contribution in [0.25, 0.3) is 20.8 Å². The Hall–Kier alpha value is -4.19. The average molecular weight is 643 g/mol. The van der Waals surface area contributed by atoms with Crippen LogP contribution in [0.3, 0.4) is 0 Å². The van der Waals surface area contributed by atoms with Crippen LogP contribution in [0.2, 0.25) is 0 Å². The van der Waals surface area contributed by atoms with Gasteiger partial charge in [-0.05, 0) is 105 Å².